The van der Waals surface area contributed by atoms with Crippen molar-refractivity contribution in [2.45, 2.75) is 0 Å². The summed E-state index contributed by atoms with van der Waals surface area (Å²) in [6.45, 7) is 0. The molecule has 2 aromatic rings. The maximum atomic E-state index is 11.9. The van der Waals surface area contributed by atoms with Gasteiger partial charge in [0.25, 0.3) is 5.91 Å². The number of aromatic carboxylic acids is 1. The Balaban J connectivity index is 2.24. The van der Waals surface area contributed by atoms with Gasteiger partial charge in [0.2, 0.25) is 0 Å². The molecule has 0 saturated heterocycles. The molecule has 0 spiro atoms. The number of rotatable bonds is 3. The third-order valence-corrected chi connectivity index (χ3v) is 3.11. The quantitative estimate of drug-likeness (QED) is 0.895. The van der Waals surface area contributed by atoms with E-state index >= 15 is 0 Å². The minimum Gasteiger partial charge on any atom is -0.478 e. The fourth-order valence-corrected chi connectivity index (χ4v) is 1.87. The van der Waals surface area contributed by atoms with Crippen LogP contribution in [0.4, 0.5) is 5.69 Å². The summed E-state index contributed by atoms with van der Waals surface area (Å²) in [4.78, 5) is 33.6. The van der Waals surface area contributed by atoms with Crippen LogP contribution in [-0.2, 0) is 0 Å². The summed E-state index contributed by atoms with van der Waals surface area (Å²) in [6.07, 6.45) is 1.04. The Hall–Kier alpha value is -2.41. The molecule has 2 rings (SSSR count). The van der Waals surface area contributed by atoms with E-state index in [2.05, 4.69) is 25.7 Å². The van der Waals surface area contributed by atoms with Gasteiger partial charge >= 0.3 is 11.6 Å². The van der Waals surface area contributed by atoms with E-state index in [1.165, 1.54) is 18.2 Å². The Morgan fingerprint density at radius 2 is 1.95 bits per heavy atom. The van der Waals surface area contributed by atoms with Gasteiger partial charge in [0, 0.05) is 16.2 Å². The van der Waals surface area contributed by atoms with E-state index < -0.39 is 17.5 Å². The first-order valence-corrected chi connectivity index (χ1v) is 6.20. The number of carboxylic acid groups (broad SMARTS) is 1. The first-order valence-electron chi connectivity index (χ1n) is 5.40. The molecule has 1 amide bonds. The predicted octanol–water partition coefficient (Wildman–Crippen LogP) is 2.35. The smallest absolute Gasteiger partial charge is 0.336 e. The van der Waals surface area contributed by atoms with Gasteiger partial charge in [-0.1, -0.05) is 0 Å². The number of hydrogen-bond acceptors (Lipinski definition) is 4. The van der Waals surface area contributed by atoms with Crippen molar-refractivity contribution in [2.24, 2.45) is 0 Å². The van der Waals surface area contributed by atoms with Crippen LogP contribution in [0.15, 0.2) is 50.3 Å². The van der Waals surface area contributed by atoms with Crippen LogP contribution in [0.5, 0.6) is 0 Å². The van der Waals surface area contributed by atoms with Crippen molar-refractivity contribution in [3.05, 3.63) is 62.6 Å². The Bertz CT molecular complexity index is 717. The molecule has 0 bridgehead atoms. The maximum Gasteiger partial charge on any atom is 0.336 e. The van der Waals surface area contributed by atoms with Crippen molar-refractivity contribution in [1.29, 1.82) is 0 Å². The molecule has 0 unspecified atom stereocenters. The Morgan fingerprint density at radius 3 is 2.55 bits per heavy atom. The standard InChI is InChI=1S/C13H8BrNO5/c14-10-3-2-8(5-9(10)13(18)19)15-12(17)7-1-4-11(16)20-6-7/h1-6H,(H,15,17)(H,18,19). The molecule has 0 fully saturated rings. The number of anilines is 1. The molecule has 6 nitrogen and oxygen atoms in total. The number of halogens is 1. The van der Waals surface area contributed by atoms with E-state index in [4.69, 9.17) is 5.11 Å². The van der Waals surface area contributed by atoms with E-state index in [9.17, 15) is 14.4 Å². The number of carbonyl (C=O) groups is 2. The number of carbonyl (C=O) groups excluding carboxylic acids is 1. The molecule has 0 radical (unpaired) electrons. The lowest BCUT2D eigenvalue weighted by atomic mass is 10.2. The van der Waals surface area contributed by atoms with Crippen LogP contribution in [0.1, 0.15) is 20.7 Å². The zero-order chi connectivity index (χ0) is 14.7. The number of nitrogens with one attached hydrogen (secondary N) is 1. The summed E-state index contributed by atoms with van der Waals surface area (Å²) in [5.41, 5.74) is -0.0491. The van der Waals surface area contributed by atoms with Crippen LogP contribution in [0, 0.1) is 0 Å². The third kappa shape index (κ3) is 3.12. The molecule has 20 heavy (non-hydrogen) atoms. The zero-order valence-corrected chi connectivity index (χ0v) is 11.5. The molecule has 0 saturated carbocycles. The average molecular weight is 338 g/mol. The van der Waals surface area contributed by atoms with Crippen molar-refractivity contribution < 1.29 is 19.1 Å². The fraction of sp³-hybridized carbons (Fsp3) is 0. The molecule has 0 aliphatic rings. The van der Waals surface area contributed by atoms with Gasteiger partial charge in [0.1, 0.15) is 6.26 Å². The van der Waals surface area contributed by atoms with Crippen molar-refractivity contribution in [3.8, 4) is 0 Å². The lowest BCUT2D eigenvalue weighted by Crippen LogP contribution is -2.13. The molecule has 0 aliphatic carbocycles. The van der Waals surface area contributed by atoms with Gasteiger partial charge in [-0.25, -0.2) is 9.59 Å². The summed E-state index contributed by atoms with van der Waals surface area (Å²) >= 11 is 3.11. The number of benzene rings is 1. The second-order valence-corrected chi connectivity index (χ2v) is 4.65. The largest absolute Gasteiger partial charge is 0.478 e. The van der Waals surface area contributed by atoms with E-state index in [1.807, 2.05) is 0 Å². The Labute approximate surface area is 121 Å². The topological polar surface area (TPSA) is 96.6 Å². The molecule has 102 valence electrons. The van der Waals surface area contributed by atoms with E-state index in [0.29, 0.717) is 10.2 Å². The van der Waals surface area contributed by atoms with Gasteiger partial charge in [-0.15, -0.1) is 0 Å². The Morgan fingerprint density at radius 1 is 1.20 bits per heavy atom. The maximum absolute atomic E-state index is 11.9. The van der Waals surface area contributed by atoms with Crippen LogP contribution >= 0.6 is 15.9 Å². The number of hydrogen-bond donors (Lipinski definition) is 2. The normalized spacial score (nSPS) is 10.1. The number of carboxylic acids is 1. The number of amides is 1. The van der Waals surface area contributed by atoms with Gasteiger partial charge in [0.05, 0.1) is 11.1 Å². The average Bonchev–Trinajstić information content (AvgIpc) is 2.41. The predicted molar refractivity (Wildman–Crippen MR) is 74.0 cm³/mol. The molecular formula is C13H8BrNO5. The zero-order valence-electron chi connectivity index (χ0n) is 9.92. The highest BCUT2D eigenvalue weighted by Crippen LogP contribution is 2.21. The molecule has 1 aromatic heterocycles. The van der Waals surface area contributed by atoms with Crippen molar-refractivity contribution in [1.82, 2.24) is 0 Å². The first-order chi connectivity index (χ1) is 9.47. The summed E-state index contributed by atoms with van der Waals surface area (Å²) < 4.78 is 4.99. The third-order valence-electron chi connectivity index (χ3n) is 2.42. The minimum atomic E-state index is -1.11. The molecular weight excluding hydrogens is 330 g/mol. The van der Waals surface area contributed by atoms with Crippen molar-refractivity contribution >= 4 is 33.5 Å². The van der Waals surface area contributed by atoms with E-state index in [1.54, 1.807) is 6.07 Å². The molecule has 7 heteroatoms. The highest BCUT2D eigenvalue weighted by atomic mass is 79.9. The van der Waals surface area contributed by atoms with E-state index in [0.717, 1.165) is 12.3 Å². The van der Waals surface area contributed by atoms with Crippen LogP contribution in [0.3, 0.4) is 0 Å². The van der Waals surface area contributed by atoms with Gasteiger partial charge in [-0.2, -0.15) is 0 Å². The molecule has 2 N–H and O–H groups in total. The molecule has 0 atom stereocenters. The summed E-state index contributed by atoms with van der Waals surface area (Å²) in [5.74, 6) is -1.62. The highest BCUT2D eigenvalue weighted by Gasteiger charge is 2.12. The lowest BCUT2D eigenvalue weighted by Gasteiger charge is -2.06. The molecule has 0 aliphatic heterocycles. The summed E-state index contributed by atoms with van der Waals surface area (Å²) in [6, 6.07) is 6.83. The van der Waals surface area contributed by atoms with Gasteiger partial charge in [0.15, 0.2) is 0 Å². The second-order valence-electron chi connectivity index (χ2n) is 3.80. The van der Waals surface area contributed by atoms with Crippen LogP contribution in [-0.4, -0.2) is 17.0 Å². The van der Waals surface area contributed by atoms with Crippen LogP contribution < -0.4 is 10.9 Å². The minimum absolute atomic E-state index is 0.0300. The lowest BCUT2D eigenvalue weighted by molar-refractivity contribution is 0.0695. The van der Waals surface area contributed by atoms with Gasteiger partial charge in [-0.05, 0) is 40.2 Å². The van der Waals surface area contributed by atoms with Gasteiger partial charge < -0.3 is 14.8 Å². The van der Waals surface area contributed by atoms with Crippen molar-refractivity contribution in [2.75, 3.05) is 5.32 Å². The monoisotopic (exact) mass is 337 g/mol. The summed E-state index contributed by atoms with van der Waals surface area (Å²) in [5, 5.41) is 11.5. The van der Waals surface area contributed by atoms with Crippen molar-refractivity contribution in [3.63, 3.8) is 0 Å². The fourth-order valence-electron chi connectivity index (χ4n) is 1.46. The Kier molecular flexibility index (Phi) is 3.99. The first kappa shape index (κ1) is 14.0. The van der Waals surface area contributed by atoms with Crippen LogP contribution in [0.25, 0.3) is 0 Å². The SMILES string of the molecule is O=C(Nc1ccc(Br)c(C(=O)O)c1)c1ccc(=O)oc1. The summed E-state index contributed by atoms with van der Waals surface area (Å²) in [7, 11) is 0. The van der Waals surface area contributed by atoms with E-state index in [-0.39, 0.29) is 11.1 Å². The second kappa shape index (κ2) is 5.70. The molecule has 1 aromatic carbocycles. The van der Waals surface area contributed by atoms with Crippen LogP contribution in [0.2, 0.25) is 0 Å². The molecule has 1 heterocycles. The van der Waals surface area contributed by atoms with Gasteiger partial charge in [-0.3, -0.25) is 4.79 Å². The highest BCUT2D eigenvalue weighted by molar-refractivity contribution is 9.10.